The lowest BCUT2D eigenvalue weighted by Gasteiger charge is -2.36. The third kappa shape index (κ3) is 6.13. The van der Waals surface area contributed by atoms with Crippen LogP contribution in [0.3, 0.4) is 0 Å². The van der Waals surface area contributed by atoms with Crippen LogP contribution in [0, 0.1) is 10.1 Å². The topological polar surface area (TPSA) is 116 Å². The highest BCUT2D eigenvalue weighted by Crippen LogP contribution is 2.36. The van der Waals surface area contributed by atoms with Crippen LogP contribution in [-0.2, 0) is 0 Å². The van der Waals surface area contributed by atoms with Crippen LogP contribution in [0.25, 0.3) is 0 Å². The lowest BCUT2D eigenvalue weighted by molar-refractivity contribution is -0.386. The predicted octanol–water partition coefficient (Wildman–Crippen LogP) is 3.25. The zero-order chi connectivity index (χ0) is 21.0. The Morgan fingerprint density at radius 2 is 1.77 bits per heavy atom. The van der Waals surface area contributed by atoms with Crippen molar-refractivity contribution in [1.82, 2.24) is 4.90 Å². The van der Waals surface area contributed by atoms with Crippen molar-refractivity contribution in [3.05, 3.63) is 52.1 Å². The minimum Gasteiger partial charge on any atom is -0.504 e. The number of hydrogen-bond acceptors (Lipinski definition) is 8. The molecule has 1 aliphatic heterocycles. The average Bonchev–Trinajstić information content (AvgIpc) is 2.74. The molecular formula is C20H25Cl2N3O6. The van der Waals surface area contributed by atoms with Gasteiger partial charge in [-0.2, -0.15) is 0 Å². The number of phenolic OH excluding ortho intramolecular Hbond substituents is 2. The third-order valence-corrected chi connectivity index (χ3v) is 5.04. The molecule has 31 heavy (non-hydrogen) atoms. The summed E-state index contributed by atoms with van der Waals surface area (Å²) in [5.41, 5.74) is 0.371. The molecule has 1 aliphatic rings. The first kappa shape index (κ1) is 26.3. The van der Waals surface area contributed by atoms with Crippen LogP contribution in [-0.4, -0.2) is 65.7 Å². The maximum absolute atomic E-state index is 12.4. The van der Waals surface area contributed by atoms with Gasteiger partial charge < -0.3 is 19.8 Å². The van der Waals surface area contributed by atoms with Crippen LogP contribution >= 0.6 is 24.8 Å². The molecule has 9 nitrogen and oxygen atoms in total. The molecule has 1 fully saturated rings. The van der Waals surface area contributed by atoms with Gasteiger partial charge in [-0.15, -0.1) is 24.8 Å². The molecule has 0 unspecified atom stereocenters. The Morgan fingerprint density at radius 1 is 1.13 bits per heavy atom. The number of carbonyl (C=O) groups excluding carboxylic acids is 1. The van der Waals surface area contributed by atoms with Crippen molar-refractivity contribution >= 4 is 42.0 Å². The van der Waals surface area contributed by atoms with Crippen LogP contribution in [0.1, 0.15) is 16.8 Å². The van der Waals surface area contributed by atoms with E-state index >= 15 is 0 Å². The number of nitro benzene ring substituents is 1. The number of carbonyl (C=O) groups is 1. The monoisotopic (exact) mass is 473 g/mol. The zero-order valence-electron chi connectivity index (χ0n) is 16.9. The van der Waals surface area contributed by atoms with E-state index in [1.54, 1.807) is 7.11 Å². The number of phenols is 2. The summed E-state index contributed by atoms with van der Waals surface area (Å²) < 4.78 is 5.41. The Balaban J connectivity index is 0.00000240. The van der Waals surface area contributed by atoms with Crippen molar-refractivity contribution in [3.8, 4) is 17.2 Å². The van der Waals surface area contributed by atoms with E-state index in [1.807, 2.05) is 24.3 Å². The van der Waals surface area contributed by atoms with Crippen LogP contribution in [0.2, 0.25) is 0 Å². The number of nitrogens with zero attached hydrogens (tertiary/aromatic N) is 3. The van der Waals surface area contributed by atoms with E-state index in [0.717, 1.165) is 49.7 Å². The van der Waals surface area contributed by atoms with E-state index < -0.39 is 22.1 Å². The quantitative estimate of drug-likeness (QED) is 0.272. The first-order valence-electron chi connectivity index (χ1n) is 9.24. The van der Waals surface area contributed by atoms with Gasteiger partial charge in [0, 0.05) is 50.8 Å². The van der Waals surface area contributed by atoms with Gasteiger partial charge in [0.1, 0.15) is 5.75 Å². The van der Waals surface area contributed by atoms with E-state index in [0.29, 0.717) is 6.54 Å². The number of aromatic hydroxyl groups is 2. The highest BCUT2D eigenvalue weighted by molar-refractivity contribution is 5.97. The zero-order valence-corrected chi connectivity index (χ0v) is 18.5. The lowest BCUT2D eigenvalue weighted by Crippen LogP contribution is -2.47. The summed E-state index contributed by atoms with van der Waals surface area (Å²) in [5, 5.41) is 30.1. The molecule has 0 bridgehead atoms. The Morgan fingerprint density at radius 3 is 2.39 bits per heavy atom. The maximum Gasteiger partial charge on any atom is 0.315 e. The van der Waals surface area contributed by atoms with Crippen LogP contribution in [0.5, 0.6) is 17.2 Å². The fourth-order valence-corrected chi connectivity index (χ4v) is 3.41. The average molecular weight is 474 g/mol. The highest BCUT2D eigenvalue weighted by atomic mass is 35.5. The molecule has 0 aromatic heterocycles. The molecule has 1 heterocycles. The normalized spacial score (nSPS) is 13.6. The van der Waals surface area contributed by atoms with Gasteiger partial charge in [-0.25, -0.2) is 0 Å². The summed E-state index contributed by atoms with van der Waals surface area (Å²) in [6.07, 6.45) is 0.163. The van der Waals surface area contributed by atoms with Crippen molar-refractivity contribution < 1.29 is 24.7 Å². The van der Waals surface area contributed by atoms with Gasteiger partial charge in [-0.3, -0.25) is 19.8 Å². The smallest absolute Gasteiger partial charge is 0.315 e. The molecule has 0 amide bonds. The van der Waals surface area contributed by atoms with Crippen LogP contribution in [0.4, 0.5) is 11.4 Å². The number of methoxy groups -OCH3 is 1. The van der Waals surface area contributed by atoms with E-state index in [-0.39, 0.29) is 42.6 Å². The number of nitro groups is 1. The van der Waals surface area contributed by atoms with E-state index in [9.17, 15) is 25.1 Å². The summed E-state index contributed by atoms with van der Waals surface area (Å²) in [5.74, 6) is -1.01. The van der Waals surface area contributed by atoms with Crippen molar-refractivity contribution in [3.63, 3.8) is 0 Å². The number of hydrogen-bond donors (Lipinski definition) is 2. The summed E-state index contributed by atoms with van der Waals surface area (Å²) in [6.45, 7) is 3.63. The summed E-state index contributed by atoms with van der Waals surface area (Å²) in [7, 11) is 1.64. The molecule has 11 heteroatoms. The fraction of sp³-hybridized carbons (Fsp3) is 0.350. The second-order valence-electron chi connectivity index (χ2n) is 6.79. The SMILES string of the molecule is COc1ccccc1N1CCN(CCC(=O)c2cc(O)c(O)c([N+](=O)[O-])c2)CC1.Cl.Cl. The number of para-hydroxylation sites is 2. The van der Waals surface area contributed by atoms with Gasteiger partial charge in [-0.1, -0.05) is 12.1 Å². The molecule has 1 saturated heterocycles. The molecule has 170 valence electrons. The van der Waals surface area contributed by atoms with Crippen LogP contribution in [0.15, 0.2) is 36.4 Å². The first-order valence-corrected chi connectivity index (χ1v) is 9.24. The molecule has 2 aromatic rings. The van der Waals surface area contributed by atoms with E-state index in [4.69, 9.17) is 4.74 Å². The van der Waals surface area contributed by atoms with Gasteiger partial charge in [-0.05, 0) is 18.2 Å². The summed E-state index contributed by atoms with van der Waals surface area (Å²) in [4.78, 5) is 26.9. The minimum atomic E-state index is -0.834. The van der Waals surface area contributed by atoms with Crippen molar-refractivity contribution in [1.29, 1.82) is 0 Å². The number of piperazine rings is 1. The standard InChI is InChI=1S/C20H23N3O6.2ClH/c1-29-19-5-3-2-4-15(19)22-10-8-21(9-11-22)7-6-17(24)14-12-16(23(27)28)20(26)18(25)13-14;;/h2-5,12-13,25-26H,6-11H2,1H3;2*1H. The molecule has 0 aliphatic carbocycles. The number of anilines is 1. The molecule has 2 N–H and O–H groups in total. The van der Waals surface area contributed by atoms with Gasteiger partial charge in [0.15, 0.2) is 11.5 Å². The molecule has 2 aromatic carbocycles. The number of ether oxygens (including phenoxy) is 1. The molecule has 0 saturated carbocycles. The molecule has 3 rings (SSSR count). The van der Waals surface area contributed by atoms with Crippen molar-refractivity contribution in [2.45, 2.75) is 6.42 Å². The largest absolute Gasteiger partial charge is 0.504 e. The number of rotatable bonds is 7. The van der Waals surface area contributed by atoms with Gasteiger partial charge in [0.05, 0.1) is 17.7 Å². The predicted molar refractivity (Wildman–Crippen MR) is 122 cm³/mol. The van der Waals surface area contributed by atoms with Gasteiger partial charge in [0.25, 0.3) is 0 Å². The van der Waals surface area contributed by atoms with Crippen molar-refractivity contribution in [2.24, 2.45) is 0 Å². The molecule has 0 atom stereocenters. The lowest BCUT2D eigenvalue weighted by atomic mass is 10.1. The Hall–Kier alpha value is -2.75. The second-order valence-corrected chi connectivity index (χ2v) is 6.79. The van der Waals surface area contributed by atoms with Crippen LogP contribution < -0.4 is 9.64 Å². The van der Waals surface area contributed by atoms with Crippen molar-refractivity contribution in [2.75, 3.05) is 44.7 Å². The Labute approximate surface area is 192 Å². The second kappa shape index (κ2) is 11.6. The molecular weight excluding hydrogens is 449 g/mol. The summed E-state index contributed by atoms with van der Waals surface area (Å²) >= 11 is 0. The molecule has 0 radical (unpaired) electrons. The first-order chi connectivity index (χ1) is 13.9. The molecule has 0 spiro atoms. The Bertz CT molecular complexity index is 920. The fourth-order valence-electron chi connectivity index (χ4n) is 3.41. The van der Waals surface area contributed by atoms with Gasteiger partial charge in [0.2, 0.25) is 5.75 Å². The third-order valence-electron chi connectivity index (χ3n) is 5.04. The number of Topliss-reactive ketones (excluding diaryl/α,β-unsaturated/α-hetero) is 1. The highest BCUT2D eigenvalue weighted by Gasteiger charge is 2.23. The van der Waals surface area contributed by atoms with E-state index in [2.05, 4.69) is 9.80 Å². The maximum atomic E-state index is 12.4. The number of ketones is 1. The Kier molecular flexibility index (Phi) is 9.83. The van der Waals surface area contributed by atoms with Gasteiger partial charge >= 0.3 is 5.69 Å². The number of halogens is 2. The minimum absolute atomic E-state index is 0. The number of benzene rings is 2. The summed E-state index contributed by atoms with van der Waals surface area (Å²) in [6, 6.07) is 9.89. The van der Waals surface area contributed by atoms with E-state index in [1.165, 1.54) is 0 Å².